The van der Waals surface area contributed by atoms with Crippen LogP contribution in [0.1, 0.15) is 66.9 Å². The van der Waals surface area contributed by atoms with Crippen LogP contribution in [0, 0.1) is 29.6 Å². The van der Waals surface area contributed by atoms with Crippen LogP contribution in [0.4, 0.5) is 0 Å². The predicted octanol–water partition coefficient (Wildman–Crippen LogP) is 6.50. The Balaban J connectivity index is 1.09. The molecule has 4 bridgehead atoms. The number of Topliss-reactive ketones (excluding diaryl/α,β-unsaturated/α-hetero) is 1. The first-order valence-corrected chi connectivity index (χ1v) is 19.7. The number of para-hydroxylation sites is 1. The lowest BCUT2D eigenvalue weighted by atomic mass is 9.62. The molecule has 10 rings (SSSR count). The molecule has 53 heavy (non-hydrogen) atoms. The van der Waals surface area contributed by atoms with Crippen LogP contribution in [-0.2, 0) is 52.4 Å². The van der Waals surface area contributed by atoms with Crippen molar-refractivity contribution in [2.45, 2.75) is 75.9 Å². The van der Waals surface area contributed by atoms with E-state index in [1.165, 1.54) is 49.9 Å². The van der Waals surface area contributed by atoms with Gasteiger partial charge in [-0.1, -0.05) is 18.2 Å². The molecular weight excluding hydrogens is 665 g/mol. The van der Waals surface area contributed by atoms with E-state index in [4.69, 9.17) is 18.9 Å². The first-order chi connectivity index (χ1) is 25.6. The standard InChI is InChI=1S/C44H54N4O5/c1-23(49)30-20-52-21-31-25(30)16-38-43-29(19-37(31)46(38)4)41-28(40(50-7)14-13-35(41)48(43)6)15-33-26-17-39-42-27(24-11-9-10-12-34(24)47(42)5)18-36(45(39)3)32(26)22-53-44(33,2)51-8/h9-14,20,25-26,31-33,36-39H,15-19,21-22H2,1-8H3/t25-,26+,31+,32+,33-,36-,37-,38-,39-,44+/m0/s1. The SMILES string of the molecule is COc1ccc2c(c1C[C@H]1[C@@H]3C[C@H]4c5c(c6ccccc6n5C)C[C@@H]([C@@H]3CO[C@@]1(C)OC)N4C)c1c(n2C)[C@@H]2C[C@H]3C(C(C)=O)=COC[C@H]3[C@H](C1)N2C. The topological polar surface area (TPSA) is 70.3 Å². The molecule has 9 nitrogen and oxygen atoms in total. The normalized spacial score (nSPS) is 34.9. The molecule has 2 aromatic heterocycles. The largest absolute Gasteiger partial charge is 0.500 e. The van der Waals surface area contributed by atoms with E-state index in [9.17, 15) is 4.79 Å². The van der Waals surface area contributed by atoms with Gasteiger partial charge in [-0.15, -0.1) is 0 Å². The van der Waals surface area contributed by atoms with Gasteiger partial charge in [-0.2, -0.15) is 0 Å². The summed E-state index contributed by atoms with van der Waals surface area (Å²) in [6.45, 7) is 5.23. The number of piperidine rings is 2. The highest BCUT2D eigenvalue weighted by molar-refractivity contribution is 5.94. The van der Waals surface area contributed by atoms with Gasteiger partial charge in [0.25, 0.3) is 0 Å². The van der Waals surface area contributed by atoms with Gasteiger partial charge in [0.2, 0.25) is 0 Å². The minimum atomic E-state index is -0.728. The summed E-state index contributed by atoms with van der Waals surface area (Å²) in [6, 6.07) is 14.6. The molecule has 2 aromatic carbocycles. The molecule has 6 aliphatic rings. The van der Waals surface area contributed by atoms with E-state index in [0.29, 0.717) is 37.1 Å². The molecule has 0 saturated carbocycles. The van der Waals surface area contributed by atoms with Gasteiger partial charge in [0.05, 0.1) is 38.7 Å². The van der Waals surface area contributed by atoms with Crippen molar-refractivity contribution in [1.29, 1.82) is 0 Å². The quantitative estimate of drug-likeness (QED) is 0.234. The van der Waals surface area contributed by atoms with E-state index in [2.05, 4.69) is 90.4 Å². The number of methoxy groups -OCH3 is 2. The van der Waals surface area contributed by atoms with E-state index in [0.717, 1.165) is 43.4 Å². The van der Waals surface area contributed by atoms with Gasteiger partial charge in [0.15, 0.2) is 11.6 Å². The lowest BCUT2D eigenvalue weighted by Gasteiger charge is -2.58. The van der Waals surface area contributed by atoms with Crippen LogP contribution < -0.4 is 4.74 Å². The Morgan fingerprint density at radius 2 is 1.55 bits per heavy atom. The number of likely N-dealkylation sites (N-methyl/N-ethyl adjacent to an activating group) is 2. The number of allylic oxidation sites excluding steroid dienone is 1. The zero-order valence-corrected chi connectivity index (χ0v) is 32.5. The minimum absolute atomic E-state index is 0.127. The summed E-state index contributed by atoms with van der Waals surface area (Å²) in [5, 5.41) is 2.74. The Bertz CT molecular complexity index is 2200. The summed E-state index contributed by atoms with van der Waals surface area (Å²) in [5.41, 5.74) is 10.5. The third-order valence-corrected chi connectivity index (χ3v) is 15.5. The van der Waals surface area contributed by atoms with Crippen LogP contribution in [0.25, 0.3) is 21.8 Å². The molecule has 280 valence electrons. The number of hydrogen-bond acceptors (Lipinski definition) is 7. The van der Waals surface area contributed by atoms with Crippen molar-refractivity contribution in [2.24, 2.45) is 43.7 Å². The number of aryl methyl sites for hydroxylation is 2. The van der Waals surface area contributed by atoms with Gasteiger partial charge in [-0.25, -0.2) is 0 Å². The molecule has 10 atom stereocenters. The fraction of sp³-hybridized carbons (Fsp3) is 0.568. The second-order valence-corrected chi connectivity index (χ2v) is 17.3. The van der Waals surface area contributed by atoms with Crippen molar-refractivity contribution in [3.8, 4) is 5.75 Å². The predicted molar refractivity (Wildman–Crippen MR) is 205 cm³/mol. The molecule has 4 aromatic rings. The summed E-state index contributed by atoms with van der Waals surface area (Å²) in [4.78, 5) is 18.0. The molecule has 0 radical (unpaired) electrons. The van der Waals surface area contributed by atoms with E-state index < -0.39 is 5.79 Å². The maximum absolute atomic E-state index is 12.8. The Morgan fingerprint density at radius 1 is 0.849 bits per heavy atom. The Kier molecular flexibility index (Phi) is 7.63. The maximum Gasteiger partial charge on any atom is 0.168 e. The van der Waals surface area contributed by atoms with Crippen LogP contribution >= 0.6 is 0 Å². The highest BCUT2D eigenvalue weighted by atomic mass is 16.7. The van der Waals surface area contributed by atoms with Gasteiger partial charge < -0.3 is 28.1 Å². The molecule has 0 unspecified atom stereocenters. The number of hydrogen-bond donors (Lipinski definition) is 0. The molecule has 0 aliphatic carbocycles. The van der Waals surface area contributed by atoms with Gasteiger partial charge in [0, 0.05) is 95.4 Å². The second-order valence-electron chi connectivity index (χ2n) is 17.3. The molecule has 0 amide bonds. The zero-order valence-electron chi connectivity index (χ0n) is 32.5. The Morgan fingerprint density at radius 3 is 2.30 bits per heavy atom. The monoisotopic (exact) mass is 718 g/mol. The number of benzene rings is 2. The summed E-state index contributed by atoms with van der Waals surface area (Å²) < 4.78 is 30.5. The Hall–Kier alpha value is -3.63. The second kappa shape index (κ2) is 11.9. The lowest BCUT2D eigenvalue weighted by molar-refractivity contribution is -0.301. The lowest BCUT2D eigenvalue weighted by Crippen LogP contribution is -2.62. The molecule has 3 saturated heterocycles. The number of carbonyl (C=O) groups is 1. The number of nitrogens with zero attached hydrogens (tertiary/aromatic N) is 4. The molecule has 0 N–H and O–H groups in total. The minimum Gasteiger partial charge on any atom is -0.500 e. The van der Waals surface area contributed by atoms with Crippen LogP contribution in [0.5, 0.6) is 5.75 Å². The van der Waals surface area contributed by atoms with E-state index >= 15 is 0 Å². The van der Waals surface area contributed by atoms with Gasteiger partial charge in [0.1, 0.15) is 5.75 Å². The molecule has 6 aliphatic heterocycles. The number of ketones is 1. The zero-order chi connectivity index (χ0) is 36.7. The van der Waals surface area contributed by atoms with Crippen molar-refractivity contribution in [1.82, 2.24) is 18.9 Å². The van der Waals surface area contributed by atoms with Crippen molar-refractivity contribution >= 4 is 27.6 Å². The maximum atomic E-state index is 12.8. The molecule has 0 spiro atoms. The van der Waals surface area contributed by atoms with Crippen LogP contribution in [0.2, 0.25) is 0 Å². The van der Waals surface area contributed by atoms with E-state index in [1.807, 2.05) is 14.2 Å². The highest BCUT2D eigenvalue weighted by Crippen LogP contribution is 2.57. The van der Waals surface area contributed by atoms with Crippen LogP contribution in [0.3, 0.4) is 0 Å². The number of fused-ring (bicyclic) bond motifs is 16. The van der Waals surface area contributed by atoms with Crippen molar-refractivity contribution in [3.63, 3.8) is 0 Å². The first-order valence-electron chi connectivity index (χ1n) is 19.7. The number of carbonyl (C=O) groups excluding carboxylic acids is 1. The summed E-state index contributed by atoms with van der Waals surface area (Å²) in [7, 11) is 12.8. The number of aromatic nitrogens is 2. The average molecular weight is 719 g/mol. The van der Waals surface area contributed by atoms with Gasteiger partial charge in [-0.05, 0) is 101 Å². The third kappa shape index (κ3) is 4.54. The highest BCUT2D eigenvalue weighted by Gasteiger charge is 2.57. The smallest absolute Gasteiger partial charge is 0.168 e. The van der Waals surface area contributed by atoms with Crippen molar-refractivity contribution in [2.75, 3.05) is 41.5 Å². The first kappa shape index (κ1) is 33.9. The van der Waals surface area contributed by atoms with Gasteiger partial charge in [-0.3, -0.25) is 14.6 Å². The summed E-state index contributed by atoms with van der Waals surface area (Å²) in [6.07, 6.45) is 6.51. The number of rotatable bonds is 5. The summed E-state index contributed by atoms with van der Waals surface area (Å²) >= 11 is 0. The number of ether oxygens (including phenoxy) is 4. The van der Waals surface area contributed by atoms with Crippen LogP contribution in [0.15, 0.2) is 48.2 Å². The van der Waals surface area contributed by atoms with E-state index in [-0.39, 0.29) is 35.6 Å². The third-order valence-electron chi connectivity index (χ3n) is 15.5. The molecular formula is C44H54N4O5. The fourth-order valence-corrected chi connectivity index (χ4v) is 12.8. The summed E-state index contributed by atoms with van der Waals surface area (Å²) in [5.74, 6) is 1.78. The Labute approximate surface area is 312 Å². The molecule has 3 fully saturated rings. The van der Waals surface area contributed by atoms with Crippen molar-refractivity contribution in [3.05, 3.63) is 76.3 Å². The molecule has 8 heterocycles. The fourth-order valence-electron chi connectivity index (χ4n) is 12.8. The molecule has 9 heteroatoms. The van der Waals surface area contributed by atoms with Crippen molar-refractivity contribution < 1.29 is 23.7 Å². The van der Waals surface area contributed by atoms with Gasteiger partial charge >= 0.3 is 0 Å². The van der Waals surface area contributed by atoms with E-state index in [1.54, 1.807) is 13.2 Å². The average Bonchev–Trinajstić information content (AvgIpc) is 3.59. The van der Waals surface area contributed by atoms with Crippen LogP contribution in [-0.4, -0.2) is 84.1 Å².